The van der Waals surface area contributed by atoms with Gasteiger partial charge in [0.1, 0.15) is 0 Å². The summed E-state index contributed by atoms with van der Waals surface area (Å²) in [4.78, 5) is 0. The van der Waals surface area contributed by atoms with Gasteiger partial charge in [-0.3, -0.25) is 0 Å². The van der Waals surface area contributed by atoms with Crippen molar-refractivity contribution >= 4 is 8.56 Å². The maximum absolute atomic E-state index is 5.74. The van der Waals surface area contributed by atoms with E-state index in [2.05, 4.69) is 18.8 Å². The van der Waals surface area contributed by atoms with E-state index >= 15 is 0 Å². The third-order valence-corrected chi connectivity index (χ3v) is 5.19. The Labute approximate surface area is 89.4 Å². The molecular formula is C10H25NO2Si. The van der Waals surface area contributed by atoms with Gasteiger partial charge in [-0.2, -0.15) is 0 Å². The third-order valence-electron chi connectivity index (χ3n) is 2.13. The first-order valence-electron chi connectivity index (χ1n) is 5.67. The van der Waals surface area contributed by atoms with Gasteiger partial charge in [0.2, 0.25) is 0 Å². The first kappa shape index (κ1) is 14.1. The Bertz CT molecular complexity index is 127. The minimum atomic E-state index is -1.84. The molecule has 0 saturated heterocycles. The SMILES string of the molecule is CCNCCC[Si](C)(OCC)OCC. The van der Waals surface area contributed by atoms with Crippen molar-refractivity contribution in [2.45, 2.75) is 39.8 Å². The number of hydrogen-bond donors (Lipinski definition) is 1. The van der Waals surface area contributed by atoms with Crippen molar-refractivity contribution in [3.8, 4) is 0 Å². The summed E-state index contributed by atoms with van der Waals surface area (Å²) in [6.07, 6.45) is 1.15. The Morgan fingerprint density at radius 1 is 1.07 bits per heavy atom. The van der Waals surface area contributed by atoms with Crippen molar-refractivity contribution in [3.63, 3.8) is 0 Å². The maximum atomic E-state index is 5.74. The van der Waals surface area contributed by atoms with Crippen LogP contribution in [0.1, 0.15) is 27.2 Å². The molecule has 0 aromatic heterocycles. The monoisotopic (exact) mass is 219 g/mol. The molecule has 0 aliphatic rings. The molecule has 3 nitrogen and oxygen atoms in total. The average Bonchev–Trinajstić information content (AvgIpc) is 2.13. The number of nitrogens with one attached hydrogen (secondary N) is 1. The fraction of sp³-hybridized carbons (Fsp3) is 1.00. The highest BCUT2D eigenvalue weighted by molar-refractivity contribution is 6.66. The Morgan fingerprint density at radius 3 is 2.07 bits per heavy atom. The molecule has 0 aromatic rings. The highest BCUT2D eigenvalue weighted by Gasteiger charge is 2.29. The molecule has 0 heterocycles. The van der Waals surface area contributed by atoms with Gasteiger partial charge in [-0.15, -0.1) is 0 Å². The normalized spacial score (nSPS) is 12.0. The minimum Gasteiger partial charge on any atom is -0.395 e. The van der Waals surface area contributed by atoms with Crippen LogP contribution in [0.2, 0.25) is 12.6 Å². The molecule has 14 heavy (non-hydrogen) atoms. The summed E-state index contributed by atoms with van der Waals surface area (Å²) in [5.74, 6) is 0. The second-order valence-corrected chi connectivity index (χ2v) is 6.80. The fourth-order valence-corrected chi connectivity index (χ4v) is 3.92. The molecule has 0 aliphatic heterocycles. The average molecular weight is 219 g/mol. The lowest BCUT2D eigenvalue weighted by molar-refractivity contribution is 0.188. The van der Waals surface area contributed by atoms with E-state index in [1.165, 1.54) is 0 Å². The zero-order valence-corrected chi connectivity index (χ0v) is 11.1. The van der Waals surface area contributed by atoms with Gasteiger partial charge < -0.3 is 14.2 Å². The molecule has 86 valence electrons. The van der Waals surface area contributed by atoms with Crippen LogP contribution in [0.15, 0.2) is 0 Å². The lowest BCUT2D eigenvalue weighted by Crippen LogP contribution is -2.39. The van der Waals surface area contributed by atoms with Crippen LogP contribution in [-0.2, 0) is 8.85 Å². The Morgan fingerprint density at radius 2 is 1.64 bits per heavy atom. The topological polar surface area (TPSA) is 30.5 Å². The molecule has 0 aromatic carbocycles. The summed E-state index contributed by atoms with van der Waals surface area (Å²) < 4.78 is 11.5. The van der Waals surface area contributed by atoms with E-state index < -0.39 is 8.56 Å². The van der Waals surface area contributed by atoms with Crippen LogP contribution in [0, 0.1) is 0 Å². The van der Waals surface area contributed by atoms with E-state index in [1.807, 2.05) is 13.8 Å². The van der Waals surface area contributed by atoms with Gasteiger partial charge in [0.05, 0.1) is 0 Å². The van der Waals surface area contributed by atoms with Crippen molar-refractivity contribution in [2.24, 2.45) is 0 Å². The minimum absolute atomic E-state index is 0.768. The van der Waals surface area contributed by atoms with Crippen LogP contribution in [0.4, 0.5) is 0 Å². The largest absolute Gasteiger partial charge is 0.395 e. The van der Waals surface area contributed by atoms with Gasteiger partial charge in [0, 0.05) is 13.2 Å². The molecule has 0 fully saturated rings. The van der Waals surface area contributed by atoms with Crippen molar-refractivity contribution in [2.75, 3.05) is 26.3 Å². The molecule has 0 unspecified atom stereocenters. The zero-order valence-electron chi connectivity index (χ0n) is 10.1. The summed E-state index contributed by atoms with van der Waals surface area (Å²) in [7, 11) is -1.84. The third kappa shape index (κ3) is 6.54. The predicted octanol–water partition coefficient (Wildman–Crippen LogP) is 2.13. The molecule has 0 atom stereocenters. The smallest absolute Gasteiger partial charge is 0.334 e. The summed E-state index contributed by atoms with van der Waals surface area (Å²) in [5, 5.41) is 3.32. The van der Waals surface area contributed by atoms with E-state index in [-0.39, 0.29) is 0 Å². The van der Waals surface area contributed by atoms with E-state index in [9.17, 15) is 0 Å². The van der Waals surface area contributed by atoms with Crippen LogP contribution in [0.5, 0.6) is 0 Å². The van der Waals surface area contributed by atoms with Gasteiger partial charge in [0.25, 0.3) is 0 Å². The van der Waals surface area contributed by atoms with Gasteiger partial charge in [-0.1, -0.05) is 6.92 Å². The Balaban J connectivity index is 3.71. The Kier molecular flexibility index (Phi) is 8.47. The first-order valence-corrected chi connectivity index (χ1v) is 8.19. The van der Waals surface area contributed by atoms with Crippen molar-refractivity contribution in [1.82, 2.24) is 5.32 Å². The van der Waals surface area contributed by atoms with Crippen molar-refractivity contribution < 1.29 is 8.85 Å². The quantitative estimate of drug-likeness (QED) is 0.476. The molecule has 0 amide bonds. The lowest BCUT2D eigenvalue weighted by atomic mass is 10.5. The van der Waals surface area contributed by atoms with E-state index in [0.717, 1.165) is 38.8 Å². The maximum Gasteiger partial charge on any atom is 0.334 e. The number of hydrogen-bond acceptors (Lipinski definition) is 3. The molecule has 0 spiro atoms. The first-order chi connectivity index (χ1) is 6.68. The summed E-state index contributed by atoms with van der Waals surface area (Å²) in [6, 6.07) is 1.08. The van der Waals surface area contributed by atoms with Gasteiger partial charge in [-0.05, 0) is 45.9 Å². The molecule has 0 saturated carbocycles. The van der Waals surface area contributed by atoms with E-state index in [0.29, 0.717) is 0 Å². The summed E-state index contributed by atoms with van der Waals surface area (Å²) in [5.41, 5.74) is 0. The lowest BCUT2D eigenvalue weighted by Gasteiger charge is -2.25. The summed E-state index contributed by atoms with van der Waals surface area (Å²) in [6.45, 7) is 12.0. The highest BCUT2D eigenvalue weighted by atomic mass is 28.4. The van der Waals surface area contributed by atoms with Crippen LogP contribution >= 0.6 is 0 Å². The van der Waals surface area contributed by atoms with Gasteiger partial charge in [0.15, 0.2) is 0 Å². The van der Waals surface area contributed by atoms with E-state index in [4.69, 9.17) is 8.85 Å². The van der Waals surface area contributed by atoms with Crippen LogP contribution < -0.4 is 5.32 Å². The van der Waals surface area contributed by atoms with Crippen LogP contribution in [0.3, 0.4) is 0 Å². The second-order valence-electron chi connectivity index (χ2n) is 3.46. The van der Waals surface area contributed by atoms with Crippen LogP contribution in [-0.4, -0.2) is 34.9 Å². The molecule has 4 heteroatoms. The second kappa shape index (κ2) is 8.41. The number of rotatable bonds is 9. The molecule has 0 rings (SSSR count). The van der Waals surface area contributed by atoms with Gasteiger partial charge in [-0.25, -0.2) is 0 Å². The van der Waals surface area contributed by atoms with Crippen molar-refractivity contribution in [1.29, 1.82) is 0 Å². The molecule has 0 aliphatic carbocycles. The summed E-state index contributed by atoms with van der Waals surface area (Å²) >= 11 is 0. The van der Waals surface area contributed by atoms with Crippen LogP contribution in [0.25, 0.3) is 0 Å². The molecular weight excluding hydrogens is 194 g/mol. The molecule has 0 radical (unpaired) electrons. The molecule has 0 bridgehead atoms. The van der Waals surface area contributed by atoms with Crippen molar-refractivity contribution in [3.05, 3.63) is 0 Å². The molecule has 1 N–H and O–H groups in total. The Hall–Kier alpha value is 0.0969. The fourth-order valence-electron chi connectivity index (χ4n) is 1.51. The predicted molar refractivity (Wildman–Crippen MR) is 62.8 cm³/mol. The standard InChI is InChI=1S/C10H25NO2Si/c1-5-11-9-8-10-14(4,12-6-2)13-7-3/h11H,5-10H2,1-4H3. The zero-order chi connectivity index (χ0) is 10.9. The van der Waals surface area contributed by atoms with E-state index in [1.54, 1.807) is 0 Å². The van der Waals surface area contributed by atoms with Gasteiger partial charge >= 0.3 is 8.56 Å². The highest BCUT2D eigenvalue weighted by Crippen LogP contribution is 2.15.